The molecule has 2 atom stereocenters. The van der Waals surface area contributed by atoms with Gasteiger partial charge in [0.15, 0.2) is 17.6 Å². The Bertz CT molecular complexity index is 1340. The van der Waals surface area contributed by atoms with Gasteiger partial charge in [0.1, 0.15) is 5.82 Å². The number of aromatic nitrogens is 2. The Kier molecular flexibility index (Phi) is 9.50. The molecule has 192 valence electrons. The van der Waals surface area contributed by atoms with E-state index in [1.807, 2.05) is 32.9 Å². The molecule has 0 spiro atoms. The van der Waals surface area contributed by atoms with Crippen LogP contribution in [0.1, 0.15) is 58.3 Å². The highest BCUT2D eigenvalue weighted by atomic mass is 79.9. The summed E-state index contributed by atoms with van der Waals surface area (Å²) >= 11 is 9.92. The fourth-order valence-electron chi connectivity index (χ4n) is 3.43. The molecule has 1 heterocycles. The summed E-state index contributed by atoms with van der Waals surface area (Å²) in [4.78, 5) is 30.1. The molecule has 3 aromatic rings. The molecule has 0 aliphatic heterocycles. The molecule has 0 fully saturated rings. The first-order valence-electron chi connectivity index (χ1n) is 11.8. The lowest BCUT2D eigenvalue weighted by Crippen LogP contribution is -2.26. The van der Waals surface area contributed by atoms with Crippen LogP contribution in [0.15, 0.2) is 44.7 Å². The van der Waals surface area contributed by atoms with Gasteiger partial charge in [-0.25, -0.2) is 9.78 Å². The third-order valence-electron chi connectivity index (χ3n) is 5.45. The van der Waals surface area contributed by atoms with Crippen LogP contribution in [0.4, 0.5) is 0 Å². The first-order valence-corrected chi connectivity index (χ1v) is 12.9. The summed E-state index contributed by atoms with van der Waals surface area (Å²) in [7, 11) is 0. The highest BCUT2D eigenvalue weighted by Crippen LogP contribution is 2.37. The molecule has 0 radical (unpaired) electrons. The van der Waals surface area contributed by atoms with Gasteiger partial charge in [0.25, 0.3) is 5.56 Å². The Morgan fingerprint density at radius 3 is 2.61 bits per heavy atom. The van der Waals surface area contributed by atoms with Crippen molar-refractivity contribution < 1.29 is 19.0 Å². The van der Waals surface area contributed by atoms with Crippen molar-refractivity contribution in [2.75, 3.05) is 13.2 Å². The molecule has 0 unspecified atom stereocenters. The van der Waals surface area contributed by atoms with Gasteiger partial charge in [0.05, 0.1) is 35.4 Å². The topological polar surface area (TPSA) is 92.0 Å². The number of benzene rings is 2. The van der Waals surface area contributed by atoms with Crippen LogP contribution in [0.25, 0.3) is 10.9 Å². The molecule has 2 aromatic carbocycles. The van der Waals surface area contributed by atoms with Crippen LogP contribution < -0.4 is 15.0 Å². The van der Waals surface area contributed by atoms with Crippen LogP contribution in [0, 0.1) is 0 Å². The van der Waals surface area contributed by atoms with Gasteiger partial charge >= 0.3 is 5.97 Å². The summed E-state index contributed by atoms with van der Waals surface area (Å²) in [6.07, 6.45) is 1.43. The molecule has 0 saturated carbocycles. The normalized spacial score (nSPS) is 13.1. The number of esters is 1. The molecule has 1 aromatic heterocycles. The van der Waals surface area contributed by atoms with Crippen molar-refractivity contribution >= 4 is 50.6 Å². The molecule has 8 nitrogen and oxygen atoms in total. The summed E-state index contributed by atoms with van der Waals surface area (Å²) in [5.41, 5.74) is 0.923. The second-order valence-corrected chi connectivity index (χ2v) is 9.40. The van der Waals surface area contributed by atoms with Crippen LogP contribution in [0.5, 0.6) is 11.5 Å². The van der Waals surface area contributed by atoms with E-state index in [1.165, 1.54) is 10.9 Å². The standard InChI is InChI=1S/C26H29BrClN3O5/c1-6-15(4)24-30-21-10-9-18(27)13-19(21)25(32)31(24)29-14-17-11-20(28)23(22(12-17)34-7-2)36-16(5)26(33)35-8-3/h9-16H,6-8H2,1-5H3/t15-,16+/m0/s1. The Morgan fingerprint density at radius 1 is 1.19 bits per heavy atom. The van der Waals surface area contributed by atoms with E-state index in [0.29, 0.717) is 34.6 Å². The third kappa shape index (κ3) is 6.25. The zero-order chi connectivity index (χ0) is 26.4. The van der Waals surface area contributed by atoms with Gasteiger partial charge in [0.2, 0.25) is 0 Å². The number of ether oxygens (including phenoxy) is 3. The number of carbonyl (C=O) groups excluding carboxylic acids is 1. The van der Waals surface area contributed by atoms with Gasteiger partial charge in [-0.2, -0.15) is 9.78 Å². The van der Waals surface area contributed by atoms with E-state index in [1.54, 1.807) is 32.0 Å². The van der Waals surface area contributed by atoms with Crippen LogP contribution in [-0.4, -0.2) is 41.2 Å². The first-order chi connectivity index (χ1) is 17.2. The molecule has 36 heavy (non-hydrogen) atoms. The first kappa shape index (κ1) is 27.7. The van der Waals surface area contributed by atoms with E-state index in [0.717, 1.165) is 10.9 Å². The number of rotatable bonds is 10. The lowest BCUT2D eigenvalue weighted by atomic mass is 10.1. The van der Waals surface area contributed by atoms with Crippen molar-refractivity contribution in [2.45, 2.75) is 53.1 Å². The molecule has 10 heteroatoms. The lowest BCUT2D eigenvalue weighted by Gasteiger charge is -2.18. The Hall–Kier alpha value is -2.91. The highest BCUT2D eigenvalue weighted by molar-refractivity contribution is 9.10. The number of nitrogens with zero attached hydrogens (tertiary/aromatic N) is 3. The minimum absolute atomic E-state index is 0.00520. The van der Waals surface area contributed by atoms with Crippen molar-refractivity contribution in [2.24, 2.45) is 5.10 Å². The average Bonchev–Trinajstić information content (AvgIpc) is 2.85. The van der Waals surface area contributed by atoms with Crippen molar-refractivity contribution in [3.63, 3.8) is 0 Å². The maximum Gasteiger partial charge on any atom is 0.347 e. The van der Waals surface area contributed by atoms with Gasteiger partial charge in [-0.05, 0) is 63.1 Å². The molecule has 0 saturated heterocycles. The number of hydrogen-bond acceptors (Lipinski definition) is 7. The van der Waals surface area contributed by atoms with Crippen molar-refractivity contribution in [3.05, 3.63) is 61.6 Å². The molecule has 0 bridgehead atoms. The number of fused-ring (bicyclic) bond motifs is 1. The second kappa shape index (κ2) is 12.4. The van der Waals surface area contributed by atoms with Crippen molar-refractivity contribution in [1.82, 2.24) is 9.66 Å². The molecular weight excluding hydrogens is 550 g/mol. The highest BCUT2D eigenvalue weighted by Gasteiger charge is 2.21. The molecule has 0 aliphatic rings. The van der Waals surface area contributed by atoms with E-state index >= 15 is 0 Å². The zero-order valence-corrected chi connectivity index (χ0v) is 23.2. The fraction of sp³-hybridized carbons (Fsp3) is 0.385. The molecular formula is C26H29BrClN3O5. The van der Waals surface area contributed by atoms with Gasteiger partial charge in [-0.15, -0.1) is 0 Å². The predicted molar refractivity (Wildman–Crippen MR) is 145 cm³/mol. The van der Waals surface area contributed by atoms with Crippen LogP contribution in [-0.2, 0) is 9.53 Å². The summed E-state index contributed by atoms with van der Waals surface area (Å²) in [6.45, 7) is 9.74. The van der Waals surface area contributed by atoms with Gasteiger partial charge in [0, 0.05) is 10.4 Å². The Morgan fingerprint density at radius 2 is 1.94 bits per heavy atom. The van der Waals surface area contributed by atoms with Crippen molar-refractivity contribution in [3.8, 4) is 11.5 Å². The SMILES string of the molecule is CCOC(=O)[C@@H](C)Oc1c(Cl)cc(C=Nn2c([C@@H](C)CC)nc3ccc(Br)cc3c2=O)cc1OCC. The summed E-state index contributed by atoms with van der Waals surface area (Å²) in [5.74, 6) is 0.635. The monoisotopic (exact) mass is 577 g/mol. The summed E-state index contributed by atoms with van der Waals surface area (Å²) in [5, 5.41) is 5.17. The fourth-order valence-corrected chi connectivity index (χ4v) is 4.05. The van der Waals surface area contributed by atoms with Gasteiger partial charge < -0.3 is 14.2 Å². The van der Waals surface area contributed by atoms with E-state index < -0.39 is 12.1 Å². The average molecular weight is 579 g/mol. The third-order valence-corrected chi connectivity index (χ3v) is 6.23. The minimum Gasteiger partial charge on any atom is -0.490 e. The number of hydrogen-bond donors (Lipinski definition) is 0. The molecule has 0 aliphatic carbocycles. The molecule has 0 N–H and O–H groups in total. The van der Waals surface area contributed by atoms with Gasteiger partial charge in [-0.3, -0.25) is 4.79 Å². The zero-order valence-electron chi connectivity index (χ0n) is 20.9. The minimum atomic E-state index is -0.874. The van der Waals surface area contributed by atoms with Crippen LogP contribution >= 0.6 is 27.5 Å². The smallest absolute Gasteiger partial charge is 0.347 e. The van der Waals surface area contributed by atoms with Gasteiger partial charge in [-0.1, -0.05) is 41.4 Å². The van der Waals surface area contributed by atoms with E-state index in [9.17, 15) is 9.59 Å². The van der Waals surface area contributed by atoms with Crippen LogP contribution in [0.2, 0.25) is 5.02 Å². The lowest BCUT2D eigenvalue weighted by molar-refractivity contribution is -0.150. The molecule has 3 rings (SSSR count). The maximum absolute atomic E-state index is 13.3. The van der Waals surface area contributed by atoms with E-state index in [4.69, 9.17) is 30.8 Å². The second-order valence-electron chi connectivity index (χ2n) is 8.08. The number of halogens is 2. The van der Waals surface area contributed by atoms with E-state index in [-0.39, 0.29) is 28.9 Å². The summed E-state index contributed by atoms with van der Waals surface area (Å²) in [6, 6.07) is 8.71. The maximum atomic E-state index is 13.3. The predicted octanol–water partition coefficient (Wildman–Crippen LogP) is 5.94. The van der Waals surface area contributed by atoms with Crippen molar-refractivity contribution in [1.29, 1.82) is 0 Å². The quantitative estimate of drug-likeness (QED) is 0.218. The Balaban J connectivity index is 2.06. The largest absolute Gasteiger partial charge is 0.490 e. The molecule has 0 amide bonds. The number of carbonyl (C=O) groups is 1. The Labute approximate surface area is 223 Å². The van der Waals surface area contributed by atoms with E-state index in [2.05, 4.69) is 21.0 Å². The van der Waals surface area contributed by atoms with Crippen LogP contribution in [0.3, 0.4) is 0 Å². The summed E-state index contributed by atoms with van der Waals surface area (Å²) < 4.78 is 18.6.